The molecule has 1 aromatic carbocycles. The number of ketones is 1. The van der Waals surface area contributed by atoms with E-state index in [2.05, 4.69) is 11.1 Å². The van der Waals surface area contributed by atoms with Crippen LogP contribution in [-0.2, 0) is 4.79 Å². The van der Waals surface area contributed by atoms with Gasteiger partial charge < -0.3 is 9.94 Å². The van der Waals surface area contributed by atoms with Gasteiger partial charge in [0, 0.05) is 17.4 Å². The molecule has 1 atom stereocenters. The summed E-state index contributed by atoms with van der Waals surface area (Å²) in [5.74, 6) is 3.19. The molecule has 5 heteroatoms. The number of allylic oxidation sites excluding steroid dienone is 5. The molecule has 0 aliphatic rings. The number of carbonyl (C=O) groups excluding carboxylic acids is 1. The van der Waals surface area contributed by atoms with Crippen molar-refractivity contribution in [3.05, 3.63) is 58.7 Å². The molecule has 1 aromatic rings. The molecule has 0 radical (unpaired) electrons. The van der Waals surface area contributed by atoms with Crippen LogP contribution in [0.2, 0.25) is 0 Å². The van der Waals surface area contributed by atoms with E-state index in [0.717, 1.165) is 22.3 Å². The highest BCUT2D eigenvalue weighted by molar-refractivity contribution is 7.99. The molecule has 1 unspecified atom stereocenters. The molecule has 0 bridgehead atoms. The van der Waals surface area contributed by atoms with E-state index in [0.29, 0.717) is 11.5 Å². The van der Waals surface area contributed by atoms with Crippen molar-refractivity contribution in [2.75, 3.05) is 6.26 Å². The fraction of sp³-hybridized carbons (Fsp3) is 0.385. The number of oxime groups is 1. The van der Waals surface area contributed by atoms with Gasteiger partial charge in [-0.1, -0.05) is 48.7 Å². The van der Waals surface area contributed by atoms with E-state index in [4.69, 9.17) is 11.2 Å². The van der Waals surface area contributed by atoms with E-state index in [9.17, 15) is 10.0 Å². The number of hydrogen-bond acceptors (Lipinski definition) is 5. The fourth-order valence-corrected chi connectivity index (χ4v) is 3.50. The molecule has 0 aliphatic carbocycles. The molecule has 1 N–H and O–H groups in total. The molecule has 0 saturated heterocycles. The summed E-state index contributed by atoms with van der Waals surface area (Å²) < 4.78 is 6.03. The van der Waals surface area contributed by atoms with Gasteiger partial charge in [0.05, 0.1) is 5.71 Å². The number of aryl methyl sites for hydroxylation is 1. The van der Waals surface area contributed by atoms with Crippen LogP contribution in [0.4, 0.5) is 0 Å². The highest BCUT2D eigenvalue weighted by atomic mass is 32.2. The number of benzene rings is 1. The normalized spacial score (nSPS) is 13.6. The Morgan fingerprint density at radius 2 is 2.06 bits per heavy atom. The summed E-state index contributed by atoms with van der Waals surface area (Å²) in [5.41, 5.74) is 2.92. The average molecular weight is 440 g/mol. The largest absolute Gasteiger partial charge is 0.472 e. The van der Waals surface area contributed by atoms with Gasteiger partial charge in [-0.2, -0.15) is 0 Å². The van der Waals surface area contributed by atoms with Gasteiger partial charge in [0.1, 0.15) is 5.75 Å². The van der Waals surface area contributed by atoms with Gasteiger partial charge in [-0.3, -0.25) is 4.79 Å². The maximum Gasteiger partial charge on any atom is 0.202 e. The first kappa shape index (κ1) is 26.3. The van der Waals surface area contributed by atoms with Gasteiger partial charge in [-0.15, -0.1) is 18.2 Å². The average Bonchev–Trinajstić information content (AvgIpc) is 2.71. The minimum Gasteiger partial charge on any atom is -0.472 e. The van der Waals surface area contributed by atoms with Crippen LogP contribution in [0.5, 0.6) is 5.75 Å². The minimum absolute atomic E-state index is 0.0725. The van der Waals surface area contributed by atoms with Crippen molar-refractivity contribution in [2.45, 2.75) is 53.4 Å². The van der Waals surface area contributed by atoms with Gasteiger partial charge in [-0.25, -0.2) is 0 Å². The van der Waals surface area contributed by atoms with Crippen molar-refractivity contribution in [3.8, 4) is 18.1 Å². The quantitative estimate of drug-likeness (QED) is 0.114. The zero-order valence-corrected chi connectivity index (χ0v) is 20.3. The summed E-state index contributed by atoms with van der Waals surface area (Å²) in [6, 6.07) is 5.69. The number of hydrogen-bond donors (Lipinski definition) is 1. The molecule has 1 rings (SSSR count). The van der Waals surface area contributed by atoms with Crippen LogP contribution in [0, 0.1) is 24.7 Å². The summed E-state index contributed by atoms with van der Waals surface area (Å²) in [5, 5.41) is 12.8. The summed E-state index contributed by atoms with van der Waals surface area (Å²) in [6.45, 7) is 11.5. The monoisotopic (exact) mass is 439 g/mol. The third-order valence-electron chi connectivity index (χ3n) is 4.64. The molecule has 0 aliphatic heterocycles. The van der Waals surface area contributed by atoms with Gasteiger partial charge in [0.15, 0.2) is 5.78 Å². The first-order valence-corrected chi connectivity index (χ1v) is 11.4. The number of carbonyl (C=O) groups is 1. The number of terminal acetylenes is 1. The lowest BCUT2D eigenvalue weighted by Crippen LogP contribution is -2.32. The van der Waals surface area contributed by atoms with Crippen molar-refractivity contribution in [2.24, 2.45) is 10.6 Å². The molecule has 0 saturated carbocycles. The van der Waals surface area contributed by atoms with Crippen LogP contribution < -0.4 is 4.74 Å². The van der Waals surface area contributed by atoms with E-state index < -0.39 is 10.9 Å². The summed E-state index contributed by atoms with van der Waals surface area (Å²) >= 11 is 1.33. The molecule has 0 heterocycles. The van der Waals surface area contributed by atoms with Crippen molar-refractivity contribution in [1.82, 2.24) is 0 Å². The molecule has 0 aromatic heterocycles. The molecule has 0 fully saturated rings. The Balaban J connectivity index is 3.10. The first-order valence-electron chi connectivity index (χ1n) is 10.1. The predicted molar refractivity (Wildman–Crippen MR) is 133 cm³/mol. The maximum atomic E-state index is 13.0. The molecule has 166 valence electrons. The van der Waals surface area contributed by atoms with Gasteiger partial charge in [0.25, 0.3) is 0 Å². The summed E-state index contributed by atoms with van der Waals surface area (Å²) in [6.07, 6.45) is 15.1. The first-order chi connectivity index (χ1) is 14.6. The molecule has 31 heavy (non-hydrogen) atoms. The van der Waals surface area contributed by atoms with Gasteiger partial charge >= 0.3 is 0 Å². The van der Waals surface area contributed by atoms with Gasteiger partial charge in [0.2, 0.25) is 5.44 Å². The Morgan fingerprint density at radius 1 is 1.39 bits per heavy atom. The van der Waals surface area contributed by atoms with Gasteiger partial charge in [-0.05, 0) is 69.4 Å². The third-order valence-corrected chi connectivity index (χ3v) is 5.42. The van der Waals surface area contributed by atoms with Crippen molar-refractivity contribution in [1.29, 1.82) is 0 Å². The van der Waals surface area contributed by atoms with E-state index in [1.54, 1.807) is 6.08 Å². The summed E-state index contributed by atoms with van der Waals surface area (Å²) in [7, 11) is 0. The molecular weight excluding hydrogens is 406 g/mol. The second kappa shape index (κ2) is 12.2. The maximum absolute atomic E-state index is 13.0. The molecular formula is C26H33NO3S. The fourth-order valence-electron chi connectivity index (χ4n) is 2.94. The minimum atomic E-state index is -0.673. The Bertz CT molecular complexity index is 942. The molecule has 4 nitrogen and oxygen atoms in total. The van der Waals surface area contributed by atoms with Crippen molar-refractivity contribution < 1.29 is 14.7 Å². The Morgan fingerprint density at radius 3 is 2.58 bits per heavy atom. The zero-order valence-electron chi connectivity index (χ0n) is 19.5. The number of Topliss-reactive ketones (excluding diaryl/α,β-unsaturated/α-hetero) is 1. The van der Waals surface area contributed by atoms with Crippen LogP contribution in [0.15, 0.2) is 52.7 Å². The van der Waals surface area contributed by atoms with E-state index in [-0.39, 0.29) is 12.2 Å². The van der Waals surface area contributed by atoms with Crippen LogP contribution in [0.1, 0.15) is 52.2 Å². The van der Waals surface area contributed by atoms with Crippen molar-refractivity contribution >= 4 is 29.3 Å². The number of rotatable bonds is 10. The highest BCUT2D eigenvalue weighted by Gasteiger charge is 2.31. The number of thioether (sulfide) groups is 1. The van der Waals surface area contributed by atoms with Crippen LogP contribution >= 0.6 is 11.8 Å². The molecule has 0 amide bonds. The highest BCUT2D eigenvalue weighted by Crippen LogP contribution is 2.29. The smallest absolute Gasteiger partial charge is 0.202 e. The van der Waals surface area contributed by atoms with Crippen LogP contribution in [0.3, 0.4) is 0 Å². The lowest BCUT2D eigenvalue weighted by Gasteiger charge is -2.26. The SMILES string of the molecule is C#CC(/C=C/C)=C/c1cc(OC(SC)C(=O)CC(C)(C)/C(C=C(C)C)=N/O)ccc1C. The Labute approximate surface area is 191 Å². The Kier molecular flexibility index (Phi) is 10.4. The number of ether oxygens (including phenoxy) is 1. The predicted octanol–water partition coefficient (Wildman–Crippen LogP) is 6.44. The summed E-state index contributed by atoms with van der Waals surface area (Å²) in [4.78, 5) is 13.0. The third kappa shape index (κ3) is 8.15. The number of nitrogens with zero attached hydrogens (tertiary/aromatic N) is 1. The van der Waals surface area contributed by atoms with E-state index in [1.807, 2.05) is 84.2 Å². The lowest BCUT2D eigenvalue weighted by atomic mass is 9.81. The van der Waals surface area contributed by atoms with Crippen LogP contribution in [-0.4, -0.2) is 28.4 Å². The van der Waals surface area contributed by atoms with E-state index in [1.165, 1.54) is 11.8 Å². The Hall–Kier alpha value is -2.71. The second-order valence-corrected chi connectivity index (χ2v) is 9.08. The zero-order chi connectivity index (χ0) is 23.6. The van der Waals surface area contributed by atoms with E-state index >= 15 is 0 Å². The van der Waals surface area contributed by atoms with Crippen molar-refractivity contribution in [3.63, 3.8) is 0 Å². The van der Waals surface area contributed by atoms with Crippen LogP contribution in [0.25, 0.3) is 6.08 Å². The molecule has 0 spiro atoms. The standard InChI is InChI=1S/C26H33NO3S/c1-9-11-20(10-2)15-21-16-22(13-12-19(21)5)30-25(31-8)23(28)17-26(6,7)24(27-29)14-18(3)4/h2,9,11-16,25,29H,17H2,1,3-8H3/b11-9+,20-15-,27-24+. The second-order valence-electron chi connectivity index (χ2n) is 8.18. The topological polar surface area (TPSA) is 58.9 Å². The lowest BCUT2D eigenvalue weighted by molar-refractivity contribution is -0.123.